The van der Waals surface area contributed by atoms with Gasteiger partial charge in [0.1, 0.15) is 12.3 Å². The molecule has 0 saturated carbocycles. The fraction of sp³-hybridized carbons (Fsp3) is 0.412. The van der Waals surface area contributed by atoms with Crippen LogP contribution in [0.4, 0.5) is 0 Å². The molecule has 0 radical (unpaired) electrons. The monoisotopic (exact) mass is 334 g/mol. The number of thiophene rings is 1. The van der Waals surface area contributed by atoms with E-state index in [2.05, 4.69) is 24.5 Å². The second-order valence-corrected chi connectivity index (χ2v) is 6.89. The highest BCUT2D eigenvalue weighted by molar-refractivity contribution is 7.10. The first-order valence-corrected chi connectivity index (χ1v) is 8.52. The third-order valence-corrected chi connectivity index (χ3v) is 4.42. The van der Waals surface area contributed by atoms with E-state index >= 15 is 0 Å². The Morgan fingerprint density at radius 1 is 1.22 bits per heavy atom. The number of rotatable bonds is 7. The van der Waals surface area contributed by atoms with E-state index in [9.17, 15) is 9.59 Å². The Kier molecular flexibility index (Phi) is 5.98. The maximum atomic E-state index is 12.4. The van der Waals surface area contributed by atoms with E-state index in [0.29, 0.717) is 11.5 Å². The predicted molar refractivity (Wildman–Crippen MR) is 90.3 cm³/mol. The average molecular weight is 334 g/mol. The van der Waals surface area contributed by atoms with Crippen molar-refractivity contribution >= 4 is 23.2 Å². The molecule has 2 N–H and O–H groups in total. The number of nitrogens with one attached hydrogen (secondary N) is 2. The first-order chi connectivity index (χ1) is 11.0. The third kappa shape index (κ3) is 4.96. The molecule has 2 atom stereocenters. The molecule has 2 rings (SSSR count). The fourth-order valence-corrected chi connectivity index (χ4v) is 3.03. The Hall–Kier alpha value is -2.08. The minimum atomic E-state index is -0.618. The number of hydrogen-bond acceptors (Lipinski definition) is 4. The van der Waals surface area contributed by atoms with E-state index in [1.165, 1.54) is 12.5 Å². The molecule has 0 aliphatic rings. The van der Waals surface area contributed by atoms with Gasteiger partial charge in [0, 0.05) is 4.88 Å². The van der Waals surface area contributed by atoms with E-state index in [4.69, 9.17) is 4.42 Å². The van der Waals surface area contributed by atoms with Crippen LogP contribution < -0.4 is 10.6 Å². The van der Waals surface area contributed by atoms with Crippen molar-refractivity contribution in [3.63, 3.8) is 0 Å². The van der Waals surface area contributed by atoms with Crippen LogP contribution in [-0.4, -0.2) is 17.9 Å². The lowest BCUT2D eigenvalue weighted by Crippen LogP contribution is -2.45. The van der Waals surface area contributed by atoms with Crippen LogP contribution in [0.5, 0.6) is 0 Å². The van der Waals surface area contributed by atoms with Gasteiger partial charge < -0.3 is 15.1 Å². The van der Waals surface area contributed by atoms with Crippen molar-refractivity contribution in [2.75, 3.05) is 0 Å². The number of carbonyl (C=O) groups is 2. The van der Waals surface area contributed by atoms with E-state index < -0.39 is 6.04 Å². The smallest absolute Gasteiger partial charge is 0.255 e. The fourth-order valence-electron chi connectivity index (χ4n) is 2.24. The van der Waals surface area contributed by atoms with Crippen molar-refractivity contribution in [2.45, 2.75) is 39.3 Å². The summed E-state index contributed by atoms with van der Waals surface area (Å²) in [4.78, 5) is 25.5. The minimum Gasteiger partial charge on any atom is -0.472 e. The Bertz CT molecular complexity index is 620. The highest BCUT2D eigenvalue weighted by atomic mass is 32.1. The van der Waals surface area contributed by atoms with Crippen LogP contribution in [-0.2, 0) is 4.79 Å². The van der Waals surface area contributed by atoms with E-state index in [1.807, 2.05) is 17.5 Å². The molecule has 0 fully saturated rings. The molecule has 0 bridgehead atoms. The first-order valence-electron chi connectivity index (χ1n) is 7.64. The molecule has 2 heterocycles. The molecule has 0 saturated heterocycles. The topological polar surface area (TPSA) is 71.3 Å². The van der Waals surface area contributed by atoms with Crippen molar-refractivity contribution in [1.82, 2.24) is 10.6 Å². The summed E-state index contributed by atoms with van der Waals surface area (Å²) in [6.45, 7) is 5.92. The molecule has 2 aromatic rings. The Morgan fingerprint density at radius 2 is 2.00 bits per heavy atom. The lowest BCUT2D eigenvalue weighted by molar-refractivity contribution is -0.123. The van der Waals surface area contributed by atoms with Crippen LogP contribution in [0.15, 0.2) is 40.5 Å². The summed E-state index contributed by atoms with van der Waals surface area (Å²) in [6.07, 6.45) is 3.64. The van der Waals surface area contributed by atoms with Gasteiger partial charge in [0.15, 0.2) is 0 Å². The second kappa shape index (κ2) is 7.97. The van der Waals surface area contributed by atoms with Crippen molar-refractivity contribution in [3.8, 4) is 0 Å². The zero-order valence-corrected chi connectivity index (χ0v) is 14.4. The summed E-state index contributed by atoms with van der Waals surface area (Å²) in [5.41, 5.74) is 0.404. The number of amides is 2. The maximum Gasteiger partial charge on any atom is 0.255 e. The summed E-state index contributed by atoms with van der Waals surface area (Å²) < 4.78 is 4.87. The van der Waals surface area contributed by atoms with Gasteiger partial charge >= 0.3 is 0 Å². The number of carbonyl (C=O) groups excluding carboxylic acids is 2. The Balaban J connectivity index is 1.96. The van der Waals surface area contributed by atoms with Gasteiger partial charge in [-0.15, -0.1) is 11.3 Å². The van der Waals surface area contributed by atoms with Crippen LogP contribution in [0.2, 0.25) is 0 Å². The van der Waals surface area contributed by atoms with Gasteiger partial charge in [-0.3, -0.25) is 9.59 Å². The summed E-state index contributed by atoms with van der Waals surface area (Å²) in [5, 5.41) is 7.71. The van der Waals surface area contributed by atoms with Crippen molar-refractivity contribution in [3.05, 3.63) is 46.5 Å². The summed E-state index contributed by atoms with van der Waals surface area (Å²) >= 11 is 1.62. The predicted octanol–water partition coefficient (Wildman–Crippen LogP) is 3.36. The Labute approximate surface area is 140 Å². The molecule has 0 unspecified atom stereocenters. The largest absolute Gasteiger partial charge is 0.472 e. The standard InChI is InChI=1S/C17H22N2O3S/c1-11(2)9-14(15-5-4-8-23-15)19-16(20)12(3)18-17(21)13-6-7-22-10-13/h4-8,10-12,14H,9H2,1-3H3,(H,18,21)(H,19,20)/t12-,14+/m1/s1. The summed E-state index contributed by atoms with van der Waals surface area (Å²) in [6, 6.07) is 4.91. The molecule has 23 heavy (non-hydrogen) atoms. The average Bonchev–Trinajstić information content (AvgIpc) is 3.19. The van der Waals surface area contributed by atoms with Crippen LogP contribution >= 0.6 is 11.3 Å². The number of furan rings is 1. The third-order valence-electron chi connectivity index (χ3n) is 3.43. The molecule has 2 amide bonds. The first kappa shape index (κ1) is 17.3. The van der Waals surface area contributed by atoms with Gasteiger partial charge in [0.25, 0.3) is 5.91 Å². The van der Waals surface area contributed by atoms with E-state index in [1.54, 1.807) is 24.3 Å². The highest BCUT2D eigenvalue weighted by Gasteiger charge is 2.22. The normalized spacial score (nSPS) is 13.6. The maximum absolute atomic E-state index is 12.4. The second-order valence-electron chi connectivity index (χ2n) is 5.91. The van der Waals surface area contributed by atoms with Gasteiger partial charge in [-0.25, -0.2) is 0 Å². The summed E-state index contributed by atoms with van der Waals surface area (Å²) in [7, 11) is 0. The highest BCUT2D eigenvalue weighted by Crippen LogP contribution is 2.25. The zero-order chi connectivity index (χ0) is 16.8. The summed E-state index contributed by atoms with van der Waals surface area (Å²) in [5.74, 6) is -0.0583. The molecular weight excluding hydrogens is 312 g/mol. The molecule has 0 aromatic carbocycles. The van der Waals surface area contributed by atoms with Gasteiger partial charge in [0.05, 0.1) is 17.9 Å². The SMILES string of the molecule is CC(C)C[C@H](NC(=O)[C@@H](C)NC(=O)c1ccoc1)c1cccs1. The van der Waals surface area contributed by atoms with Gasteiger partial charge in [-0.1, -0.05) is 19.9 Å². The lowest BCUT2D eigenvalue weighted by Gasteiger charge is -2.22. The van der Waals surface area contributed by atoms with Crippen LogP contribution in [0.25, 0.3) is 0 Å². The van der Waals surface area contributed by atoms with Gasteiger partial charge in [0.2, 0.25) is 5.91 Å². The van der Waals surface area contributed by atoms with Crippen LogP contribution in [0.3, 0.4) is 0 Å². The zero-order valence-electron chi connectivity index (χ0n) is 13.5. The van der Waals surface area contributed by atoms with Crippen LogP contribution in [0, 0.1) is 5.92 Å². The number of hydrogen-bond donors (Lipinski definition) is 2. The molecule has 0 spiro atoms. The van der Waals surface area contributed by atoms with Crippen molar-refractivity contribution in [1.29, 1.82) is 0 Å². The molecule has 0 aliphatic heterocycles. The van der Waals surface area contributed by atoms with Crippen molar-refractivity contribution in [2.24, 2.45) is 5.92 Å². The van der Waals surface area contributed by atoms with E-state index in [0.717, 1.165) is 11.3 Å². The molecule has 6 heteroatoms. The van der Waals surface area contributed by atoms with Gasteiger partial charge in [-0.2, -0.15) is 0 Å². The molecule has 124 valence electrons. The minimum absolute atomic E-state index is 0.0317. The van der Waals surface area contributed by atoms with E-state index in [-0.39, 0.29) is 17.9 Å². The molecule has 5 nitrogen and oxygen atoms in total. The molecule has 0 aliphatic carbocycles. The molecule has 2 aromatic heterocycles. The Morgan fingerprint density at radius 3 is 2.57 bits per heavy atom. The van der Waals surface area contributed by atoms with Crippen LogP contribution in [0.1, 0.15) is 48.5 Å². The lowest BCUT2D eigenvalue weighted by atomic mass is 10.0. The molecular formula is C17H22N2O3S. The van der Waals surface area contributed by atoms with Gasteiger partial charge in [-0.05, 0) is 36.8 Å². The van der Waals surface area contributed by atoms with Crippen molar-refractivity contribution < 1.29 is 14.0 Å². The quantitative estimate of drug-likeness (QED) is 0.815.